The van der Waals surface area contributed by atoms with Gasteiger partial charge in [0.25, 0.3) is 0 Å². The number of aryl methyl sites for hydroxylation is 1. The van der Waals surface area contributed by atoms with Crippen molar-refractivity contribution in [3.8, 4) is 0 Å². The third-order valence-electron chi connectivity index (χ3n) is 4.93. The highest BCUT2D eigenvalue weighted by Gasteiger charge is 2.36. The van der Waals surface area contributed by atoms with Crippen molar-refractivity contribution < 1.29 is 4.79 Å². The number of nitrogens with zero attached hydrogens (tertiary/aromatic N) is 2. The van der Waals surface area contributed by atoms with Gasteiger partial charge in [-0.15, -0.1) is 24.8 Å². The van der Waals surface area contributed by atoms with E-state index in [1.54, 1.807) is 0 Å². The van der Waals surface area contributed by atoms with E-state index in [9.17, 15) is 4.79 Å². The van der Waals surface area contributed by atoms with E-state index < -0.39 is 5.54 Å². The zero-order chi connectivity index (χ0) is 16.4. The van der Waals surface area contributed by atoms with Gasteiger partial charge in [0, 0.05) is 6.54 Å². The van der Waals surface area contributed by atoms with E-state index in [1.807, 2.05) is 25.1 Å². The van der Waals surface area contributed by atoms with Crippen LogP contribution in [0, 0.1) is 0 Å². The van der Waals surface area contributed by atoms with Crippen molar-refractivity contribution >= 4 is 41.8 Å². The molecular weight excluding hydrogens is 359 g/mol. The monoisotopic (exact) mass is 386 g/mol. The van der Waals surface area contributed by atoms with Gasteiger partial charge in [-0.3, -0.25) is 4.79 Å². The first-order valence-electron chi connectivity index (χ1n) is 8.60. The first-order chi connectivity index (χ1) is 11.0. The minimum absolute atomic E-state index is 0. The fraction of sp³-hybridized carbons (Fsp3) is 0.556. The molecule has 1 amide bonds. The molecule has 1 atom stereocenters. The Morgan fingerprint density at radius 3 is 2.56 bits per heavy atom. The normalized spacial score (nSPS) is 17.2. The van der Waals surface area contributed by atoms with Gasteiger partial charge in [-0.05, 0) is 38.8 Å². The number of benzene rings is 1. The molecule has 2 aromatic rings. The number of rotatable bonds is 4. The number of hydrogen-bond donors (Lipinski definition) is 2. The molecule has 0 spiro atoms. The average Bonchev–Trinajstić information content (AvgIpc) is 2.94. The summed E-state index contributed by atoms with van der Waals surface area (Å²) in [6.07, 6.45) is 4.79. The van der Waals surface area contributed by atoms with Crippen LogP contribution in [0.3, 0.4) is 0 Å². The Morgan fingerprint density at radius 2 is 1.92 bits per heavy atom. The summed E-state index contributed by atoms with van der Waals surface area (Å²) in [5.74, 6) is 0.848. The van der Waals surface area contributed by atoms with Crippen LogP contribution < -0.4 is 11.1 Å². The molecule has 140 valence electrons. The molecular formula is C18H28Cl2N4O. The van der Waals surface area contributed by atoms with Gasteiger partial charge >= 0.3 is 0 Å². The standard InChI is InChI=1S/C18H26N4O.2ClH/c1-3-22-15-10-6-5-9-14(15)21-16(22)13(2)20-17(23)18(19)11-7-4-8-12-18;;/h5-6,9-10,13H,3-4,7-8,11-12,19H2,1-2H3,(H,20,23);2*1H. The molecule has 25 heavy (non-hydrogen) atoms. The van der Waals surface area contributed by atoms with Gasteiger partial charge in [-0.25, -0.2) is 4.98 Å². The van der Waals surface area contributed by atoms with Gasteiger partial charge in [-0.2, -0.15) is 0 Å². The predicted octanol–water partition coefficient (Wildman–Crippen LogP) is 3.74. The lowest BCUT2D eigenvalue weighted by atomic mass is 9.82. The summed E-state index contributed by atoms with van der Waals surface area (Å²) in [5.41, 5.74) is 7.69. The Balaban J connectivity index is 0.00000156. The Bertz CT molecular complexity index is 710. The first kappa shape index (κ1) is 21.7. The van der Waals surface area contributed by atoms with Crippen molar-refractivity contribution in [2.24, 2.45) is 5.73 Å². The second-order valence-electron chi connectivity index (χ2n) is 6.61. The van der Waals surface area contributed by atoms with Gasteiger partial charge in [0.15, 0.2) is 0 Å². The molecule has 1 aliphatic carbocycles. The lowest BCUT2D eigenvalue weighted by molar-refractivity contribution is -0.128. The SMILES string of the molecule is CCn1c(C(C)NC(=O)C2(N)CCCCC2)nc2ccccc21.Cl.Cl. The maximum Gasteiger partial charge on any atom is 0.240 e. The number of halogens is 2. The number of imidazole rings is 1. The van der Waals surface area contributed by atoms with Crippen LogP contribution in [0.4, 0.5) is 0 Å². The highest BCUT2D eigenvalue weighted by atomic mass is 35.5. The predicted molar refractivity (Wildman–Crippen MR) is 106 cm³/mol. The van der Waals surface area contributed by atoms with E-state index in [4.69, 9.17) is 10.7 Å². The number of fused-ring (bicyclic) bond motifs is 1. The molecule has 5 nitrogen and oxygen atoms in total. The van der Waals surface area contributed by atoms with Crippen LogP contribution in [0.15, 0.2) is 24.3 Å². The molecule has 0 radical (unpaired) electrons. The molecule has 0 aliphatic heterocycles. The van der Waals surface area contributed by atoms with Crippen molar-refractivity contribution in [2.75, 3.05) is 0 Å². The smallest absolute Gasteiger partial charge is 0.240 e. The topological polar surface area (TPSA) is 72.9 Å². The van der Waals surface area contributed by atoms with Crippen LogP contribution in [-0.4, -0.2) is 21.0 Å². The maximum atomic E-state index is 12.6. The zero-order valence-electron chi connectivity index (χ0n) is 14.8. The van der Waals surface area contributed by atoms with Gasteiger partial charge in [0.1, 0.15) is 5.82 Å². The summed E-state index contributed by atoms with van der Waals surface area (Å²) in [6.45, 7) is 4.90. The minimum atomic E-state index is -0.713. The van der Waals surface area contributed by atoms with Gasteiger partial charge < -0.3 is 15.6 Å². The van der Waals surface area contributed by atoms with Crippen molar-refractivity contribution in [1.29, 1.82) is 0 Å². The van der Waals surface area contributed by atoms with Crippen LogP contribution in [-0.2, 0) is 11.3 Å². The fourth-order valence-electron chi connectivity index (χ4n) is 3.57. The molecule has 1 unspecified atom stereocenters. The molecule has 1 heterocycles. The fourth-order valence-corrected chi connectivity index (χ4v) is 3.57. The molecule has 1 aliphatic rings. The van der Waals surface area contributed by atoms with Gasteiger partial charge in [0.05, 0.1) is 22.6 Å². The molecule has 0 saturated heterocycles. The molecule has 3 N–H and O–H groups in total. The van der Waals surface area contributed by atoms with Crippen molar-refractivity contribution in [2.45, 2.75) is 64.1 Å². The molecule has 7 heteroatoms. The summed E-state index contributed by atoms with van der Waals surface area (Å²) >= 11 is 0. The number of aromatic nitrogens is 2. The van der Waals surface area contributed by atoms with Crippen LogP contribution in [0.5, 0.6) is 0 Å². The Kier molecular flexibility index (Phi) is 7.72. The number of hydrogen-bond acceptors (Lipinski definition) is 3. The van der Waals surface area contributed by atoms with E-state index in [2.05, 4.69) is 22.9 Å². The summed E-state index contributed by atoms with van der Waals surface area (Å²) < 4.78 is 2.16. The van der Waals surface area contributed by atoms with E-state index in [1.165, 1.54) is 6.42 Å². The van der Waals surface area contributed by atoms with Crippen LogP contribution in [0.1, 0.15) is 57.8 Å². The van der Waals surface area contributed by atoms with Gasteiger partial charge in [-0.1, -0.05) is 31.4 Å². The Hall–Kier alpha value is -1.30. The van der Waals surface area contributed by atoms with E-state index in [-0.39, 0.29) is 36.8 Å². The quantitative estimate of drug-likeness (QED) is 0.840. The summed E-state index contributed by atoms with van der Waals surface area (Å²) in [5, 5.41) is 3.09. The number of carbonyl (C=O) groups is 1. The summed E-state index contributed by atoms with van der Waals surface area (Å²) in [4.78, 5) is 17.4. The van der Waals surface area contributed by atoms with Crippen LogP contribution in [0.2, 0.25) is 0 Å². The largest absolute Gasteiger partial charge is 0.345 e. The second kappa shape index (κ2) is 8.88. The number of nitrogens with one attached hydrogen (secondary N) is 1. The average molecular weight is 387 g/mol. The molecule has 1 aromatic heterocycles. The summed E-state index contributed by atoms with van der Waals surface area (Å²) in [7, 11) is 0. The number of nitrogens with two attached hydrogens (primary N) is 1. The molecule has 0 bridgehead atoms. The highest BCUT2D eigenvalue weighted by molar-refractivity contribution is 5.86. The molecule has 1 fully saturated rings. The molecule has 1 aromatic carbocycles. The zero-order valence-corrected chi connectivity index (χ0v) is 16.5. The minimum Gasteiger partial charge on any atom is -0.345 e. The Labute approximate surface area is 161 Å². The number of para-hydroxylation sites is 2. The molecule has 3 rings (SSSR count). The van der Waals surface area contributed by atoms with Crippen molar-refractivity contribution in [1.82, 2.24) is 14.9 Å². The van der Waals surface area contributed by atoms with Crippen LogP contribution in [0.25, 0.3) is 11.0 Å². The van der Waals surface area contributed by atoms with Crippen LogP contribution >= 0.6 is 24.8 Å². The van der Waals surface area contributed by atoms with E-state index in [0.717, 1.165) is 49.1 Å². The maximum absolute atomic E-state index is 12.6. The Morgan fingerprint density at radius 1 is 1.28 bits per heavy atom. The summed E-state index contributed by atoms with van der Waals surface area (Å²) in [6, 6.07) is 7.91. The van der Waals surface area contributed by atoms with Gasteiger partial charge in [0.2, 0.25) is 5.91 Å². The van der Waals surface area contributed by atoms with Crippen molar-refractivity contribution in [3.63, 3.8) is 0 Å². The lowest BCUT2D eigenvalue weighted by Crippen LogP contribution is -2.55. The van der Waals surface area contributed by atoms with E-state index in [0.29, 0.717) is 0 Å². The third-order valence-corrected chi connectivity index (χ3v) is 4.93. The van der Waals surface area contributed by atoms with E-state index >= 15 is 0 Å². The third kappa shape index (κ3) is 4.27. The van der Waals surface area contributed by atoms with Crippen molar-refractivity contribution in [3.05, 3.63) is 30.1 Å². The number of carbonyl (C=O) groups excluding carboxylic acids is 1. The number of amides is 1. The lowest BCUT2D eigenvalue weighted by Gasteiger charge is -2.33. The highest BCUT2D eigenvalue weighted by Crippen LogP contribution is 2.27. The second-order valence-corrected chi connectivity index (χ2v) is 6.61. The molecule has 1 saturated carbocycles. The first-order valence-corrected chi connectivity index (χ1v) is 8.60.